The zero-order chi connectivity index (χ0) is 20.5. The summed E-state index contributed by atoms with van der Waals surface area (Å²) in [6.07, 6.45) is 0. The van der Waals surface area contributed by atoms with Crippen molar-refractivity contribution in [2.45, 2.75) is 13.1 Å². The molecule has 6 nitrogen and oxygen atoms in total. The van der Waals surface area contributed by atoms with E-state index in [9.17, 15) is 4.79 Å². The molecule has 29 heavy (non-hydrogen) atoms. The highest BCUT2D eigenvalue weighted by atomic mass is 127. The van der Waals surface area contributed by atoms with Crippen LogP contribution in [-0.2, 0) is 17.9 Å². The van der Waals surface area contributed by atoms with E-state index in [4.69, 9.17) is 4.74 Å². The number of rotatable bonds is 7. The Kier molecular flexibility index (Phi) is 11.0. The molecule has 0 aliphatic heterocycles. The third kappa shape index (κ3) is 8.22. The van der Waals surface area contributed by atoms with Gasteiger partial charge in [-0.3, -0.25) is 9.79 Å². The normalized spacial score (nSPS) is 10.7. The van der Waals surface area contributed by atoms with Crippen LogP contribution in [0.3, 0.4) is 0 Å². The summed E-state index contributed by atoms with van der Waals surface area (Å²) >= 11 is 3.59. The smallest absolute Gasteiger partial charge is 0.259 e. The van der Waals surface area contributed by atoms with Crippen molar-refractivity contribution in [3.05, 3.63) is 64.1 Å². The van der Waals surface area contributed by atoms with E-state index in [1.807, 2.05) is 49.5 Å². The lowest BCUT2D eigenvalue weighted by Crippen LogP contribution is -2.38. The van der Waals surface area contributed by atoms with E-state index in [1.54, 1.807) is 21.1 Å². The second-order valence-corrected chi connectivity index (χ2v) is 7.43. The SMILES string of the molecule is CN=C(NCc1cccc(OCC(=O)N(C)C)c1)N(C)Cc1ccccc1Br.I. The number of carbonyl (C=O) groups excluding carboxylic acids is 1. The molecule has 0 radical (unpaired) electrons. The summed E-state index contributed by atoms with van der Waals surface area (Å²) in [7, 11) is 7.19. The number of guanidine groups is 1. The number of aliphatic imine (C=N–C) groups is 1. The van der Waals surface area contributed by atoms with Crippen LogP contribution in [0.25, 0.3) is 0 Å². The van der Waals surface area contributed by atoms with Crippen LogP contribution in [0.1, 0.15) is 11.1 Å². The van der Waals surface area contributed by atoms with E-state index in [0.717, 1.165) is 22.5 Å². The van der Waals surface area contributed by atoms with Crippen LogP contribution in [0.15, 0.2) is 58.0 Å². The van der Waals surface area contributed by atoms with Gasteiger partial charge in [0.25, 0.3) is 5.91 Å². The number of nitrogens with zero attached hydrogens (tertiary/aromatic N) is 3. The van der Waals surface area contributed by atoms with E-state index in [-0.39, 0.29) is 36.5 Å². The van der Waals surface area contributed by atoms with Crippen molar-refractivity contribution in [1.82, 2.24) is 15.1 Å². The van der Waals surface area contributed by atoms with Crippen LogP contribution in [0.2, 0.25) is 0 Å². The maximum atomic E-state index is 11.7. The molecule has 0 fully saturated rings. The minimum atomic E-state index is -0.0716. The molecule has 0 saturated carbocycles. The number of hydrogen-bond donors (Lipinski definition) is 1. The lowest BCUT2D eigenvalue weighted by atomic mass is 10.2. The van der Waals surface area contributed by atoms with Crippen LogP contribution in [0.5, 0.6) is 5.75 Å². The van der Waals surface area contributed by atoms with Gasteiger partial charge >= 0.3 is 0 Å². The highest BCUT2D eigenvalue weighted by molar-refractivity contribution is 14.0. The van der Waals surface area contributed by atoms with Crippen molar-refractivity contribution in [2.75, 3.05) is 34.8 Å². The van der Waals surface area contributed by atoms with Crippen molar-refractivity contribution in [1.29, 1.82) is 0 Å². The third-order valence-electron chi connectivity index (χ3n) is 4.15. The van der Waals surface area contributed by atoms with Gasteiger partial charge in [0, 0.05) is 45.8 Å². The molecular formula is C21H28BrIN4O2. The molecule has 0 aromatic heterocycles. The second-order valence-electron chi connectivity index (χ2n) is 6.57. The standard InChI is InChI=1S/C21H27BrN4O2.HI/c1-23-21(26(4)14-17-9-5-6-11-19(17)22)24-13-16-8-7-10-18(12-16)28-15-20(27)25(2)3;/h5-12H,13-15H2,1-4H3,(H,23,24);1H. The van der Waals surface area contributed by atoms with Crippen molar-refractivity contribution in [3.63, 3.8) is 0 Å². The first kappa shape index (κ1) is 25.2. The predicted molar refractivity (Wildman–Crippen MR) is 132 cm³/mol. The second kappa shape index (κ2) is 12.7. The molecule has 0 unspecified atom stereocenters. The molecule has 1 N–H and O–H groups in total. The number of carbonyl (C=O) groups is 1. The molecule has 2 aromatic rings. The Morgan fingerprint density at radius 1 is 1.14 bits per heavy atom. The molecule has 0 atom stereocenters. The van der Waals surface area contributed by atoms with Gasteiger partial charge in [-0.25, -0.2) is 0 Å². The van der Waals surface area contributed by atoms with Gasteiger partial charge in [0.2, 0.25) is 0 Å². The van der Waals surface area contributed by atoms with Crippen molar-refractivity contribution >= 4 is 51.8 Å². The summed E-state index contributed by atoms with van der Waals surface area (Å²) in [5, 5.41) is 3.37. The number of nitrogens with one attached hydrogen (secondary N) is 1. The largest absolute Gasteiger partial charge is 0.484 e. The number of likely N-dealkylation sites (N-methyl/N-ethyl adjacent to an activating group) is 1. The quantitative estimate of drug-likeness (QED) is 0.311. The fourth-order valence-corrected chi connectivity index (χ4v) is 2.95. The van der Waals surface area contributed by atoms with E-state index < -0.39 is 0 Å². The minimum Gasteiger partial charge on any atom is -0.484 e. The summed E-state index contributed by atoms with van der Waals surface area (Å²) in [5.41, 5.74) is 2.24. The first-order valence-corrected chi connectivity index (χ1v) is 9.77. The Labute approximate surface area is 198 Å². The van der Waals surface area contributed by atoms with Crippen molar-refractivity contribution < 1.29 is 9.53 Å². The highest BCUT2D eigenvalue weighted by Crippen LogP contribution is 2.17. The summed E-state index contributed by atoms with van der Waals surface area (Å²) in [4.78, 5) is 19.6. The zero-order valence-corrected chi connectivity index (χ0v) is 21.1. The molecule has 1 amide bonds. The number of ether oxygens (including phenoxy) is 1. The van der Waals surface area contributed by atoms with Gasteiger partial charge in [-0.05, 0) is 29.3 Å². The first-order chi connectivity index (χ1) is 13.4. The third-order valence-corrected chi connectivity index (χ3v) is 4.92. The predicted octanol–water partition coefficient (Wildman–Crippen LogP) is 3.74. The average Bonchev–Trinajstić information content (AvgIpc) is 2.68. The topological polar surface area (TPSA) is 57.2 Å². The molecule has 2 rings (SSSR count). The summed E-state index contributed by atoms with van der Waals surface area (Å²) in [6, 6.07) is 15.8. The number of hydrogen-bond acceptors (Lipinski definition) is 3. The Hall–Kier alpha value is -1.81. The lowest BCUT2D eigenvalue weighted by Gasteiger charge is -2.23. The first-order valence-electron chi connectivity index (χ1n) is 8.97. The number of halogens is 2. The van der Waals surface area contributed by atoms with E-state index in [1.165, 1.54) is 10.5 Å². The Morgan fingerprint density at radius 2 is 1.86 bits per heavy atom. The molecule has 0 spiro atoms. The van der Waals surface area contributed by atoms with E-state index >= 15 is 0 Å². The van der Waals surface area contributed by atoms with Gasteiger partial charge < -0.3 is 19.9 Å². The Morgan fingerprint density at radius 3 is 2.52 bits per heavy atom. The van der Waals surface area contributed by atoms with Crippen LogP contribution < -0.4 is 10.1 Å². The minimum absolute atomic E-state index is 0. The summed E-state index contributed by atoms with van der Waals surface area (Å²) in [5.74, 6) is 1.40. The maximum Gasteiger partial charge on any atom is 0.259 e. The maximum absolute atomic E-state index is 11.7. The fourth-order valence-electron chi connectivity index (χ4n) is 2.54. The van der Waals surface area contributed by atoms with Crippen LogP contribution in [0.4, 0.5) is 0 Å². The van der Waals surface area contributed by atoms with Crippen LogP contribution in [-0.4, -0.2) is 56.5 Å². The van der Waals surface area contributed by atoms with Crippen molar-refractivity contribution in [2.24, 2.45) is 4.99 Å². The Bertz CT molecular complexity index is 830. The lowest BCUT2D eigenvalue weighted by molar-refractivity contribution is -0.130. The monoisotopic (exact) mass is 574 g/mol. The molecule has 0 heterocycles. The Balaban J connectivity index is 0.00000420. The molecule has 158 valence electrons. The molecule has 8 heteroatoms. The molecular weight excluding hydrogens is 547 g/mol. The fraction of sp³-hybridized carbons (Fsp3) is 0.333. The molecule has 0 bridgehead atoms. The van der Waals surface area contributed by atoms with Gasteiger partial charge in [0.15, 0.2) is 12.6 Å². The van der Waals surface area contributed by atoms with Crippen molar-refractivity contribution in [3.8, 4) is 5.75 Å². The number of benzene rings is 2. The van der Waals surface area contributed by atoms with E-state index in [2.05, 4.69) is 37.2 Å². The highest BCUT2D eigenvalue weighted by Gasteiger charge is 2.09. The average molecular weight is 575 g/mol. The van der Waals surface area contributed by atoms with Gasteiger partial charge in [0.1, 0.15) is 5.75 Å². The van der Waals surface area contributed by atoms with E-state index in [0.29, 0.717) is 12.3 Å². The number of amides is 1. The molecule has 0 aliphatic rings. The molecule has 2 aromatic carbocycles. The molecule has 0 aliphatic carbocycles. The zero-order valence-electron chi connectivity index (χ0n) is 17.2. The van der Waals surface area contributed by atoms with Crippen LogP contribution in [0, 0.1) is 0 Å². The van der Waals surface area contributed by atoms with Crippen LogP contribution >= 0.6 is 39.9 Å². The van der Waals surface area contributed by atoms with Gasteiger partial charge in [-0.15, -0.1) is 24.0 Å². The summed E-state index contributed by atoms with van der Waals surface area (Å²) in [6.45, 7) is 1.36. The summed E-state index contributed by atoms with van der Waals surface area (Å²) < 4.78 is 6.66. The molecule has 0 saturated heterocycles. The van der Waals surface area contributed by atoms with Gasteiger partial charge in [0.05, 0.1) is 0 Å². The van der Waals surface area contributed by atoms with Gasteiger partial charge in [-0.2, -0.15) is 0 Å². The van der Waals surface area contributed by atoms with Gasteiger partial charge in [-0.1, -0.05) is 46.3 Å².